The molecule has 2 aromatic heterocycles. The number of thioether (sulfide) groups is 2. The van der Waals surface area contributed by atoms with Crippen LogP contribution in [0.25, 0.3) is 10.3 Å². The number of rotatable bonds is 5. The summed E-state index contributed by atoms with van der Waals surface area (Å²) in [7, 11) is 0. The van der Waals surface area contributed by atoms with Crippen molar-refractivity contribution in [2.24, 2.45) is 0 Å². The number of nitrogens with one attached hydrogen (secondary N) is 1. The number of hydrogen-bond donors (Lipinski definition) is 1. The maximum atomic E-state index is 4.44. The first-order chi connectivity index (χ1) is 8.99. The quantitative estimate of drug-likeness (QED) is 0.670. The van der Waals surface area contributed by atoms with Crippen LogP contribution in [-0.2, 0) is 0 Å². The fourth-order valence-electron chi connectivity index (χ4n) is 1.47. The molecule has 0 aliphatic heterocycles. The van der Waals surface area contributed by atoms with Crippen molar-refractivity contribution >= 4 is 51.0 Å². The maximum absolute atomic E-state index is 4.44. The van der Waals surface area contributed by atoms with Crippen molar-refractivity contribution in [1.82, 2.24) is 15.0 Å². The predicted octanol–water partition coefficient (Wildman–Crippen LogP) is 3.75. The molecule has 0 aliphatic carbocycles. The van der Waals surface area contributed by atoms with Crippen LogP contribution in [-0.4, -0.2) is 38.3 Å². The van der Waals surface area contributed by atoms with Crippen molar-refractivity contribution in [3.63, 3.8) is 0 Å². The van der Waals surface area contributed by atoms with Crippen LogP contribution in [0.3, 0.4) is 0 Å². The van der Waals surface area contributed by atoms with Crippen LogP contribution in [0.1, 0.15) is 20.8 Å². The van der Waals surface area contributed by atoms with Gasteiger partial charge in [-0.25, -0.2) is 15.0 Å². The van der Waals surface area contributed by atoms with Crippen LogP contribution in [0.5, 0.6) is 0 Å². The second kappa shape index (κ2) is 6.28. The summed E-state index contributed by atoms with van der Waals surface area (Å²) in [6.45, 7) is 7.60. The molecule has 0 atom stereocenters. The van der Waals surface area contributed by atoms with E-state index in [0.29, 0.717) is 4.75 Å². The van der Waals surface area contributed by atoms with Gasteiger partial charge in [0.2, 0.25) is 0 Å². The average molecular weight is 315 g/mol. The number of anilines is 1. The molecule has 2 aromatic rings. The number of nitrogens with zero attached hydrogens (tertiary/aromatic N) is 3. The summed E-state index contributed by atoms with van der Waals surface area (Å²) in [5.74, 6) is 1.96. The lowest BCUT2D eigenvalue weighted by atomic mass is 10.3. The van der Waals surface area contributed by atoms with Gasteiger partial charge < -0.3 is 5.32 Å². The van der Waals surface area contributed by atoms with E-state index in [1.165, 1.54) is 0 Å². The Morgan fingerprint density at radius 1 is 1.32 bits per heavy atom. The molecule has 7 heteroatoms. The molecular formula is C12H18N4S3. The molecule has 0 spiro atoms. The first-order valence-corrected chi connectivity index (χ1v) is 9.05. The molecule has 1 N–H and O–H groups in total. The van der Waals surface area contributed by atoms with E-state index < -0.39 is 0 Å². The van der Waals surface area contributed by atoms with Crippen LogP contribution >= 0.6 is 34.9 Å². The van der Waals surface area contributed by atoms with Crippen LogP contribution in [0.2, 0.25) is 0 Å². The van der Waals surface area contributed by atoms with Crippen LogP contribution in [0, 0.1) is 0 Å². The predicted molar refractivity (Wildman–Crippen MR) is 87.7 cm³/mol. The topological polar surface area (TPSA) is 50.7 Å². The minimum Gasteiger partial charge on any atom is -0.368 e. The minimum absolute atomic E-state index is 0.305. The SMILES string of the molecule is CSc1nc2ncnc(NCCSC(C)(C)C)c2s1. The molecule has 2 rings (SSSR count). The van der Waals surface area contributed by atoms with Crippen molar-refractivity contribution in [3.8, 4) is 0 Å². The third kappa shape index (κ3) is 4.22. The lowest BCUT2D eigenvalue weighted by Crippen LogP contribution is -2.13. The summed E-state index contributed by atoms with van der Waals surface area (Å²) in [6.07, 6.45) is 3.60. The highest BCUT2D eigenvalue weighted by Crippen LogP contribution is 2.31. The third-order valence-corrected chi connectivity index (χ3v) is 5.59. The van der Waals surface area contributed by atoms with E-state index in [9.17, 15) is 0 Å². The molecule has 0 bridgehead atoms. The minimum atomic E-state index is 0.305. The summed E-state index contributed by atoms with van der Waals surface area (Å²) in [5.41, 5.74) is 0.787. The van der Waals surface area contributed by atoms with Gasteiger partial charge in [0.25, 0.3) is 0 Å². The van der Waals surface area contributed by atoms with E-state index in [1.54, 1.807) is 29.4 Å². The largest absolute Gasteiger partial charge is 0.368 e. The Morgan fingerprint density at radius 3 is 2.79 bits per heavy atom. The van der Waals surface area contributed by atoms with Gasteiger partial charge in [-0.3, -0.25) is 0 Å². The molecule has 0 aliphatic rings. The van der Waals surface area contributed by atoms with Gasteiger partial charge in [0.1, 0.15) is 16.8 Å². The Kier molecular flexibility index (Phi) is 4.92. The van der Waals surface area contributed by atoms with Crippen LogP contribution < -0.4 is 5.32 Å². The van der Waals surface area contributed by atoms with Gasteiger partial charge in [-0.2, -0.15) is 11.8 Å². The first kappa shape index (κ1) is 14.9. The Labute approximate surface area is 126 Å². The van der Waals surface area contributed by atoms with Gasteiger partial charge in [-0.05, 0) is 6.26 Å². The molecule has 0 radical (unpaired) electrons. The highest BCUT2D eigenvalue weighted by Gasteiger charge is 2.11. The molecular weight excluding hydrogens is 296 g/mol. The standard InChI is InChI=1S/C12H18N4S3/c1-12(2,3)18-6-5-13-9-8-10(15-7-14-9)16-11(17-4)19-8/h7H,5-6H2,1-4H3,(H,13,14,15). The van der Waals surface area contributed by atoms with Crippen LogP contribution in [0.15, 0.2) is 10.7 Å². The molecule has 0 aromatic carbocycles. The Hall–Kier alpha value is -0.530. The molecule has 0 saturated carbocycles. The fourth-order valence-corrected chi connectivity index (χ4v) is 3.77. The molecule has 104 valence electrons. The van der Waals surface area contributed by atoms with Crippen molar-refractivity contribution in [2.45, 2.75) is 29.9 Å². The van der Waals surface area contributed by atoms with Gasteiger partial charge >= 0.3 is 0 Å². The van der Waals surface area contributed by atoms with Crippen molar-refractivity contribution < 1.29 is 0 Å². The second-order valence-electron chi connectivity index (χ2n) is 4.95. The number of hydrogen-bond acceptors (Lipinski definition) is 7. The highest BCUT2D eigenvalue weighted by atomic mass is 32.2. The monoisotopic (exact) mass is 314 g/mol. The van der Waals surface area contributed by atoms with E-state index in [2.05, 4.69) is 41.0 Å². The Morgan fingerprint density at radius 2 is 2.11 bits per heavy atom. The highest BCUT2D eigenvalue weighted by molar-refractivity contribution is 8.00. The smallest absolute Gasteiger partial charge is 0.176 e. The van der Waals surface area contributed by atoms with E-state index >= 15 is 0 Å². The Bertz CT molecular complexity index is 547. The zero-order valence-electron chi connectivity index (χ0n) is 11.6. The Balaban J connectivity index is 2.02. The number of aromatic nitrogens is 3. The summed E-state index contributed by atoms with van der Waals surface area (Å²) in [4.78, 5) is 13.0. The molecule has 19 heavy (non-hydrogen) atoms. The number of fused-ring (bicyclic) bond motifs is 1. The fraction of sp³-hybridized carbons (Fsp3) is 0.583. The molecule has 2 heterocycles. The molecule has 0 unspecified atom stereocenters. The van der Waals surface area contributed by atoms with Gasteiger partial charge in [0.05, 0.1) is 0 Å². The van der Waals surface area contributed by atoms with E-state index in [4.69, 9.17) is 0 Å². The zero-order valence-corrected chi connectivity index (χ0v) is 14.0. The average Bonchev–Trinajstić information content (AvgIpc) is 2.77. The van der Waals surface area contributed by atoms with Gasteiger partial charge in [0.15, 0.2) is 9.99 Å². The summed E-state index contributed by atoms with van der Waals surface area (Å²) in [5, 5.41) is 3.39. The molecule has 0 fully saturated rings. The summed E-state index contributed by atoms with van der Waals surface area (Å²) >= 11 is 5.23. The van der Waals surface area contributed by atoms with Gasteiger partial charge in [-0.1, -0.05) is 32.5 Å². The lowest BCUT2D eigenvalue weighted by molar-refractivity contribution is 0.802. The molecule has 4 nitrogen and oxygen atoms in total. The molecule has 0 saturated heterocycles. The van der Waals surface area contributed by atoms with Crippen molar-refractivity contribution in [2.75, 3.05) is 23.9 Å². The van der Waals surface area contributed by atoms with Gasteiger partial charge in [-0.15, -0.1) is 11.3 Å². The van der Waals surface area contributed by atoms with E-state index in [1.807, 2.05) is 18.0 Å². The second-order valence-corrected chi connectivity index (χ2v) is 8.92. The van der Waals surface area contributed by atoms with Crippen molar-refractivity contribution in [3.05, 3.63) is 6.33 Å². The number of thiazole rings is 1. The van der Waals surface area contributed by atoms with Crippen molar-refractivity contribution in [1.29, 1.82) is 0 Å². The molecule has 0 amide bonds. The summed E-state index contributed by atoms with van der Waals surface area (Å²) in [6, 6.07) is 0. The maximum Gasteiger partial charge on any atom is 0.176 e. The van der Waals surface area contributed by atoms with E-state index in [-0.39, 0.29) is 0 Å². The lowest BCUT2D eigenvalue weighted by Gasteiger charge is -2.17. The third-order valence-electron chi connectivity index (χ3n) is 2.28. The first-order valence-electron chi connectivity index (χ1n) is 6.03. The normalized spacial score (nSPS) is 12.0. The van der Waals surface area contributed by atoms with E-state index in [0.717, 1.165) is 32.8 Å². The van der Waals surface area contributed by atoms with Crippen LogP contribution in [0.4, 0.5) is 5.82 Å². The van der Waals surface area contributed by atoms with Gasteiger partial charge in [0, 0.05) is 17.0 Å². The zero-order chi connectivity index (χ0) is 13.9. The summed E-state index contributed by atoms with van der Waals surface area (Å²) < 4.78 is 2.38.